The molecule has 0 aromatic rings. The van der Waals surface area contributed by atoms with Crippen LogP contribution in [0.5, 0.6) is 0 Å². The van der Waals surface area contributed by atoms with Crippen LogP contribution in [0.1, 0.15) is 33.6 Å². The Bertz CT molecular complexity index is 492. The van der Waals surface area contributed by atoms with Gasteiger partial charge in [-0.25, -0.2) is 0 Å². The lowest BCUT2D eigenvalue weighted by molar-refractivity contribution is -0.155. The molecule has 0 aromatic carbocycles. The average Bonchev–Trinajstić information content (AvgIpc) is 2.86. The molecule has 12 heteroatoms. The molecule has 0 bridgehead atoms. The first kappa shape index (κ1) is 37.1. The summed E-state index contributed by atoms with van der Waals surface area (Å²) < 4.78 is 53.8. The fraction of sp³-hybridized carbons (Fsp3) is 0.962. The fourth-order valence-electron chi connectivity index (χ4n) is 2.66. The zero-order valence-electron chi connectivity index (χ0n) is 23.9. The number of nitrogens with two attached hydrogens (primary N) is 1. The molecule has 2 N–H and O–H groups in total. The molecule has 0 spiro atoms. The minimum absolute atomic E-state index is 0.200. The molecule has 0 aliphatic heterocycles. The van der Waals surface area contributed by atoms with Crippen LogP contribution in [0.15, 0.2) is 0 Å². The van der Waals surface area contributed by atoms with E-state index in [0.29, 0.717) is 138 Å². The average molecular weight is 556 g/mol. The molecule has 0 aromatic heterocycles. The molecule has 0 fully saturated rings. The minimum Gasteiger partial charge on any atom is -0.460 e. The predicted octanol–water partition coefficient (Wildman–Crippen LogP) is 1.22. The highest BCUT2D eigenvalue weighted by atomic mass is 16.6. The first-order valence-corrected chi connectivity index (χ1v) is 13.6. The Morgan fingerprint density at radius 2 is 0.737 bits per heavy atom. The van der Waals surface area contributed by atoms with Gasteiger partial charge in [-0.05, 0) is 27.2 Å². The maximum atomic E-state index is 11.6. The summed E-state index contributed by atoms with van der Waals surface area (Å²) >= 11 is 0. The van der Waals surface area contributed by atoms with Gasteiger partial charge in [0.05, 0.1) is 112 Å². The number of carbonyl (C=O) groups is 1. The monoisotopic (exact) mass is 555 g/mol. The second kappa shape index (κ2) is 29.1. The summed E-state index contributed by atoms with van der Waals surface area (Å²) in [6, 6.07) is 0. The van der Waals surface area contributed by atoms with Crippen LogP contribution in [-0.2, 0) is 52.2 Å². The third kappa shape index (κ3) is 33.1. The van der Waals surface area contributed by atoms with E-state index in [4.69, 9.17) is 53.1 Å². The van der Waals surface area contributed by atoms with Gasteiger partial charge in [0.15, 0.2) is 0 Å². The van der Waals surface area contributed by atoms with Crippen molar-refractivity contribution in [2.24, 2.45) is 5.73 Å². The van der Waals surface area contributed by atoms with Gasteiger partial charge in [0, 0.05) is 19.6 Å². The van der Waals surface area contributed by atoms with Gasteiger partial charge in [0.2, 0.25) is 0 Å². The summed E-state index contributed by atoms with van der Waals surface area (Å²) in [4.78, 5) is 11.6. The molecular weight excluding hydrogens is 502 g/mol. The van der Waals surface area contributed by atoms with Crippen LogP contribution in [0, 0.1) is 0 Å². The van der Waals surface area contributed by atoms with Gasteiger partial charge < -0.3 is 53.1 Å². The predicted molar refractivity (Wildman–Crippen MR) is 142 cm³/mol. The van der Waals surface area contributed by atoms with Crippen molar-refractivity contribution in [3.8, 4) is 0 Å². The second-order valence-corrected chi connectivity index (χ2v) is 8.99. The zero-order chi connectivity index (χ0) is 28.0. The summed E-state index contributed by atoms with van der Waals surface area (Å²) in [5.41, 5.74) is 4.87. The number of carbonyl (C=O) groups excluding carboxylic acids is 1. The molecule has 0 heterocycles. The number of ether oxygens (including phenoxy) is 10. The van der Waals surface area contributed by atoms with E-state index in [1.807, 2.05) is 20.8 Å². The highest BCUT2D eigenvalue weighted by molar-refractivity contribution is 5.69. The third-order valence-electron chi connectivity index (χ3n) is 4.33. The zero-order valence-corrected chi connectivity index (χ0v) is 23.9. The van der Waals surface area contributed by atoms with Gasteiger partial charge in [0.25, 0.3) is 0 Å². The van der Waals surface area contributed by atoms with E-state index < -0.39 is 5.60 Å². The first-order chi connectivity index (χ1) is 18.5. The molecule has 0 atom stereocenters. The minimum atomic E-state index is -0.445. The van der Waals surface area contributed by atoms with Crippen LogP contribution in [0.4, 0.5) is 0 Å². The van der Waals surface area contributed by atoms with E-state index in [9.17, 15) is 4.79 Å². The van der Waals surface area contributed by atoms with Crippen molar-refractivity contribution in [2.45, 2.75) is 39.2 Å². The molecule has 12 nitrogen and oxygen atoms in total. The van der Waals surface area contributed by atoms with E-state index in [2.05, 4.69) is 0 Å². The molecule has 0 saturated carbocycles. The molecule has 0 radical (unpaired) electrons. The van der Waals surface area contributed by atoms with E-state index >= 15 is 0 Å². The summed E-state index contributed by atoms with van der Waals surface area (Å²) in [5.74, 6) is -0.200. The topological polar surface area (TPSA) is 135 Å². The molecule has 0 rings (SSSR count). The van der Waals surface area contributed by atoms with E-state index in [1.54, 1.807) is 0 Å². The Kier molecular flexibility index (Phi) is 28.4. The van der Waals surface area contributed by atoms with E-state index in [-0.39, 0.29) is 5.97 Å². The number of hydrogen-bond donors (Lipinski definition) is 1. The SMILES string of the molecule is CC(C)(C)OC(=O)CCCOCCOCCOCCOCCOCCOCCOCCOCCOCCN. The van der Waals surface area contributed by atoms with E-state index in [1.165, 1.54) is 0 Å². The summed E-state index contributed by atoms with van der Waals surface area (Å²) in [6.07, 6.45) is 0.993. The van der Waals surface area contributed by atoms with Crippen LogP contribution < -0.4 is 5.73 Å². The van der Waals surface area contributed by atoms with Gasteiger partial charge in [0.1, 0.15) is 5.60 Å². The molecule has 0 unspecified atom stereocenters. The van der Waals surface area contributed by atoms with Gasteiger partial charge >= 0.3 is 5.97 Å². The Balaban J connectivity index is 3.09. The van der Waals surface area contributed by atoms with Crippen molar-refractivity contribution < 1.29 is 52.2 Å². The smallest absolute Gasteiger partial charge is 0.306 e. The third-order valence-corrected chi connectivity index (χ3v) is 4.33. The Morgan fingerprint density at radius 3 is 1.00 bits per heavy atom. The number of esters is 1. The Hall–Kier alpha value is -0.930. The second-order valence-electron chi connectivity index (χ2n) is 8.99. The summed E-state index contributed by atoms with van der Waals surface area (Å²) in [7, 11) is 0. The maximum Gasteiger partial charge on any atom is 0.306 e. The van der Waals surface area contributed by atoms with Gasteiger partial charge in [-0.1, -0.05) is 0 Å². The molecule has 0 saturated heterocycles. The molecule has 38 heavy (non-hydrogen) atoms. The first-order valence-electron chi connectivity index (χ1n) is 13.6. The number of hydrogen-bond acceptors (Lipinski definition) is 12. The fourth-order valence-corrected chi connectivity index (χ4v) is 2.66. The van der Waals surface area contributed by atoms with Crippen molar-refractivity contribution in [3.05, 3.63) is 0 Å². The van der Waals surface area contributed by atoms with Crippen LogP contribution in [0.25, 0.3) is 0 Å². The van der Waals surface area contributed by atoms with Crippen LogP contribution in [-0.4, -0.2) is 137 Å². The van der Waals surface area contributed by atoms with Crippen LogP contribution in [0.3, 0.4) is 0 Å². The lowest BCUT2D eigenvalue weighted by Crippen LogP contribution is -2.23. The highest BCUT2D eigenvalue weighted by Gasteiger charge is 2.15. The van der Waals surface area contributed by atoms with Gasteiger partial charge in [-0.15, -0.1) is 0 Å². The van der Waals surface area contributed by atoms with Crippen LogP contribution >= 0.6 is 0 Å². The summed E-state index contributed by atoms with van der Waals surface area (Å²) in [5, 5.41) is 0. The standard InChI is InChI=1S/C26H53NO11/c1-26(2,3)38-25(28)5-4-7-29-9-11-31-13-15-33-17-19-35-21-23-37-24-22-36-20-18-34-16-14-32-12-10-30-8-6-27/h4-24,27H2,1-3H3. The van der Waals surface area contributed by atoms with Crippen molar-refractivity contribution in [1.82, 2.24) is 0 Å². The van der Waals surface area contributed by atoms with Crippen molar-refractivity contribution >= 4 is 5.97 Å². The molecule has 228 valence electrons. The van der Waals surface area contributed by atoms with Gasteiger partial charge in [-0.2, -0.15) is 0 Å². The Labute approximate surface area is 228 Å². The molecule has 0 amide bonds. The molecular formula is C26H53NO11. The molecule has 0 aliphatic rings. The van der Waals surface area contributed by atoms with Crippen LogP contribution in [0.2, 0.25) is 0 Å². The lowest BCUT2D eigenvalue weighted by atomic mass is 10.2. The van der Waals surface area contributed by atoms with Crippen molar-refractivity contribution in [1.29, 1.82) is 0 Å². The highest BCUT2D eigenvalue weighted by Crippen LogP contribution is 2.09. The normalized spacial score (nSPS) is 11.8. The van der Waals surface area contributed by atoms with Crippen molar-refractivity contribution in [3.63, 3.8) is 0 Å². The lowest BCUT2D eigenvalue weighted by Gasteiger charge is -2.19. The largest absolute Gasteiger partial charge is 0.460 e. The van der Waals surface area contributed by atoms with E-state index in [0.717, 1.165) is 0 Å². The van der Waals surface area contributed by atoms with Gasteiger partial charge in [-0.3, -0.25) is 4.79 Å². The van der Waals surface area contributed by atoms with Crippen molar-refractivity contribution in [2.75, 3.05) is 125 Å². The quantitative estimate of drug-likeness (QED) is 0.101. The summed E-state index contributed by atoms with van der Waals surface area (Å²) in [6.45, 7) is 15.3. The maximum absolute atomic E-state index is 11.6. The molecule has 0 aliphatic carbocycles. The Morgan fingerprint density at radius 1 is 0.474 bits per heavy atom. The number of rotatable bonds is 30.